The van der Waals surface area contributed by atoms with Crippen LogP contribution in [-0.4, -0.2) is 0 Å². The molecule has 0 nitrogen and oxygen atoms in total. The highest BCUT2D eigenvalue weighted by Gasteiger charge is 2.04. The predicted molar refractivity (Wildman–Crippen MR) is 41.4 cm³/mol. The van der Waals surface area contributed by atoms with E-state index in [1.165, 1.54) is 25.7 Å². The molecule has 0 aromatic heterocycles. The third kappa shape index (κ3) is 2.21. The summed E-state index contributed by atoms with van der Waals surface area (Å²) < 4.78 is 0. The van der Waals surface area contributed by atoms with Gasteiger partial charge in [0.2, 0.25) is 0 Å². The van der Waals surface area contributed by atoms with E-state index in [0.717, 1.165) is 5.92 Å². The van der Waals surface area contributed by atoms with Crippen molar-refractivity contribution in [3.05, 3.63) is 11.6 Å². The molecule has 1 rings (SSSR count). The average Bonchev–Trinajstić information content (AvgIpc) is 1.97. The van der Waals surface area contributed by atoms with Crippen molar-refractivity contribution in [1.82, 2.24) is 0 Å². The fourth-order valence-corrected chi connectivity index (χ4v) is 1.33. The summed E-state index contributed by atoms with van der Waals surface area (Å²) in [5.74, 6) is 0.957. The van der Waals surface area contributed by atoms with Crippen LogP contribution >= 0.6 is 0 Å². The fourth-order valence-electron chi connectivity index (χ4n) is 1.33. The molecular weight excluding hydrogens is 108 g/mol. The Morgan fingerprint density at radius 3 is 3.00 bits per heavy atom. The summed E-state index contributed by atoms with van der Waals surface area (Å²) >= 11 is 0. The first-order valence-corrected chi connectivity index (χ1v) is 3.94. The highest BCUT2D eigenvalue weighted by Crippen LogP contribution is 2.21. The summed E-state index contributed by atoms with van der Waals surface area (Å²) in [6.07, 6.45) is 7.84. The lowest BCUT2D eigenvalue weighted by Gasteiger charge is -2.04. The lowest BCUT2D eigenvalue weighted by molar-refractivity contribution is 0.510. The summed E-state index contributed by atoms with van der Waals surface area (Å²) in [5, 5.41) is 0. The lowest BCUT2D eigenvalue weighted by atomic mass is 10.0. The minimum atomic E-state index is 0.957. The minimum absolute atomic E-state index is 0.957. The summed E-state index contributed by atoms with van der Waals surface area (Å²) in [6.45, 7) is 4.60. The molecule has 0 amide bonds. The van der Waals surface area contributed by atoms with Crippen LogP contribution in [0.1, 0.15) is 39.5 Å². The standard InChI is InChI=1S/C9H16/c1-8-4-3-5-9(2)7-6-8/h4,9H,3,5-7H2,1-2H3. The van der Waals surface area contributed by atoms with Gasteiger partial charge in [0.05, 0.1) is 0 Å². The van der Waals surface area contributed by atoms with Crippen molar-refractivity contribution >= 4 is 0 Å². The normalized spacial score (nSPS) is 29.1. The zero-order valence-corrected chi connectivity index (χ0v) is 6.48. The number of rotatable bonds is 0. The van der Waals surface area contributed by atoms with Gasteiger partial charge >= 0.3 is 0 Å². The first kappa shape index (κ1) is 6.85. The van der Waals surface area contributed by atoms with Crippen LogP contribution in [-0.2, 0) is 0 Å². The van der Waals surface area contributed by atoms with Gasteiger partial charge in [-0.3, -0.25) is 0 Å². The van der Waals surface area contributed by atoms with E-state index in [0.29, 0.717) is 0 Å². The summed E-state index contributed by atoms with van der Waals surface area (Å²) in [5.41, 5.74) is 1.60. The zero-order chi connectivity index (χ0) is 6.69. The molecule has 0 bridgehead atoms. The smallest absolute Gasteiger partial charge is 0.0321 e. The monoisotopic (exact) mass is 124 g/mol. The highest BCUT2D eigenvalue weighted by molar-refractivity contribution is 4.99. The van der Waals surface area contributed by atoms with E-state index in [-0.39, 0.29) is 0 Å². The maximum atomic E-state index is 2.39. The Balaban J connectivity index is 2.39. The van der Waals surface area contributed by atoms with Crippen molar-refractivity contribution in [2.45, 2.75) is 39.5 Å². The van der Waals surface area contributed by atoms with E-state index in [9.17, 15) is 0 Å². The van der Waals surface area contributed by atoms with E-state index in [2.05, 4.69) is 19.9 Å². The predicted octanol–water partition coefficient (Wildman–Crippen LogP) is 3.14. The number of hydrogen-bond donors (Lipinski definition) is 0. The Morgan fingerprint density at radius 1 is 1.44 bits per heavy atom. The molecule has 0 N–H and O–H groups in total. The molecule has 0 fully saturated rings. The second-order valence-electron chi connectivity index (χ2n) is 3.27. The molecule has 0 saturated carbocycles. The van der Waals surface area contributed by atoms with Gasteiger partial charge in [-0.1, -0.05) is 18.6 Å². The second-order valence-corrected chi connectivity index (χ2v) is 3.27. The van der Waals surface area contributed by atoms with E-state index in [1.807, 2.05) is 0 Å². The zero-order valence-electron chi connectivity index (χ0n) is 6.48. The molecule has 0 aliphatic heterocycles. The third-order valence-electron chi connectivity index (χ3n) is 2.18. The molecule has 1 unspecified atom stereocenters. The molecule has 52 valence electrons. The first-order valence-electron chi connectivity index (χ1n) is 3.94. The van der Waals surface area contributed by atoms with E-state index >= 15 is 0 Å². The summed E-state index contributed by atoms with van der Waals surface area (Å²) in [6, 6.07) is 0. The number of hydrogen-bond acceptors (Lipinski definition) is 0. The van der Waals surface area contributed by atoms with Crippen molar-refractivity contribution in [3.63, 3.8) is 0 Å². The van der Waals surface area contributed by atoms with Gasteiger partial charge in [-0.25, -0.2) is 0 Å². The first-order chi connectivity index (χ1) is 4.29. The quantitative estimate of drug-likeness (QED) is 0.435. The van der Waals surface area contributed by atoms with Crippen LogP contribution in [0.4, 0.5) is 0 Å². The maximum absolute atomic E-state index is 2.39. The van der Waals surface area contributed by atoms with Crippen LogP contribution in [0.15, 0.2) is 11.6 Å². The molecular formula is C9H16. The molecule has 0 saturated heterocycles. The van der Waals surface area contributed by atoms with Gasteiger partial charge in [-0.15, -0.1) is 0 Å². The van der Waals surface area contributed by atoms with Crippen molar-refractivity contribution in [3.8, 4) is 0 Å². The van der Waals surface area contributed by atoms with Crippen molar-refractivity contribution in [1.29, 1.82) is 0 Å². The Labute approximate surface area is 58.0 Å². The lowest BCUT2D eigenvalue weighted by Crippen LogP contribution is -1.89. The fraction of sp³-hybridized carbons (Fsp3) is 0.778. The Bertz CT molecular complexity index is 111. The van der Waals surface area contributed by atoms with Gasteiger partial charge in [0.1, 0.15) is 0 Å². The average molecular weight is 124 g/mol. The largest absolute Gasteiger partial charge is 0.0856 e. The highest BCUT2D eigenvalue weighted by atomic mass is 14.1. The molecule has 0 heterocycles. The minimum Gasteiger partial charge on any atom is -0.0856 e. The Morgan fingerprint density at radius 2 is 2.22 bits per heavy atom. The van der Waals surface area contributed by atoms with Crippen molar-refractivity contribution in [2.24, 2.45) is 5.92 Å². The second kappa shape index (κ2) is 3.05. The SMILES string of the molecule is CC1=CCCC(C)CC1. The molecule has 0 radical (unpaired) electrons. The topological polar surface area (TPSA) is 0 Å². The van der Waals surface area contributed by atoms with Crippen LogP contribution in [0.25, 0.3) is 0 Å². The van der Waals surface area contributed by atoms with Crippen molar-refractivity contribution in [2.75, 3.05) is 0 Å². The molecule has 1 atom stereocenters. The number of allylic oxidation sites excluding steroid dienone is 2. The van der Waals surface area contributed by atoms with Crippen LogP contribution in [0.2, 0.25) is 0 Å². The molecule has 1 aliphatic rings. The molecule has 0 heteroatoms. The van der Waals surface area contributed by atoms with Gasteiger partial charge < -0.3 is 0 Å². The van der Waals surface area contributed by atoms with Crippen LogP contribution in [0.3, 0.4) is 0 Å². The third-order valence-corrected chi connectivity index (χ3v) is 2.18. The Kier molecular flexibility index (Phi) is 2.32. The Hall–Kier alpha value is -0.260. The van der Waals surface area contributed by atoms with Gasteiger partial charge in [0.15, 0.2) is 0 Å². The van der Waals surface area contributed by atoms with E-state index in [4.69, 9.17) is 0 Å². The van der Waals surface area contributed by atoms with E-state index < -0.39 is 0 Å². The van der Waals surface area contributed by atoms with Crippen LogP contribution in [0.5, 0.6) is 0 Å². The van der Waals surface area contributed by atoms with Crippen LogP contribution in [0, 0.1) is 5.92 Å². The summed E-state index contributed by atoms with van der Waals surface area (Å²) in [7, 11) is 0. The van der Waals surface area contributed by atoms with E-state index in [1.54, 1.807) is 5.57 Å². The molecule has 0 spiro atoms. The van der Waals surface area contributed by atoms with Gasteiger partial charge in [-0.2, -0.15) is 0 Å². The molecule has 1 aliphatic carbocycles. The van der Waals surface area contributed by atoms with Gasteiger partial charge in [0.25, 0.3) is 0 Å². The maximum Gasteiger partial charge on any atom is -0.0321 e. The van der Waals surface area contributed by atoms with Gasteiger partial charge in [0, 0.05) is 0 Å². The molecule has 9 heavy (non-hydrogen) atoms. The van der Waals surface area contributed by atoms with Crippen molar-refractivity contribution < 1.29 is 0 Å². The van der Waals surface area contributed by atoms with Gasteiger partial charge in [-0.05, 0) is 38.5 Å². The molecule has 0 aromatic rings. The van der Waals surface area contributed by atoms with Crippen LogP contribution < -0.4 is 0 Å². The summed E-state index contributed by atoms with van der Waals surface area (Å²) in [4.78, 5) is 0. The molecule has 0 aromatic carbocycles.